The number of hydrogen-bond donors (Lipinski definition) is 0. The summed E-state index contributed by atoms with van der Waals surface area (Å²) in [6, 6.07) is 6.46. The average molecular weight is 305 g/mol. The lowest BCUT2D eigenvalue weighted by Gasteiger charge is -2.02. The minimum absolute atomic E-state index is 0.104. The van der Waals surface area contributed by atoms with Gasteiger partial charge in [-0.25, -0.2) is 8.42 Å². The van der Waals surface area contributed by atoms with Crippen LogP contribution in [0.1, 0.15) is 23.7 Å². The van der Waals surface area contributed by atoms with E-state index in [0.29, 0.717) is 10.9 Å². The van der Waals surface area contributed by atoms with Gasteiger partial charge in [-0.15, -0.1) is 4.72 Å². The van der Waals surface area contributed by atoms with Crippen LogP contribution < -0.4 is 4.72 Å². The molecule has 6 heteroatoms. The van der Waals surface area contributed by atoms with Crippen molar-refractivity contribution < 1.29 is 13.2 Å². The topological polar surface area (TPSA) is 65.3 Å². The number of sulfonamides is 1. The van der Waals surface area contributed by atoms with Crippen molar-refractivity contribution in [2.75, 3.05) is 5.75 Å². The van der Waals surface area contributed by atoms with Gasteiger partial charge in [-0.05, 0) is 24.6 Å². The summed E-state index contributed by atoms with van der Waals surface area (Å²) in [4.78, 5) is 11.5. The fourth-order valence-corrected chi connectivity index (χ4v) is 2.47. The molecule has 87 valence electrons. The van der Waals surface area contributed by atoms with Crippen LogP contribution in [0.4, 0.5) is 0 Å². The summed E-state index contributed by atoms with van der Waals surface area (Å²) in [6.45, 7) is 1.72. The van der Waals surface area contributed by atoms with Crippen LogP contribution in [0.15, 0.2) is 28.7 Å². The molecule has 0 aromatic heterocycles. The Morgan fingerprint density at radius 1 is 1.44 bits per heavy atom. The molecule has 4 nitrogen and oxygen atoms in total. The van der Waals surface area contributed by atoms with Crippen molar-refractivity contribution in [3.63, 3.8) is 0 Å². The molecule has 0 N–H and O–H groups in total. The lowest BCUT2D eigenvalue weighted by Crippen LogP contribution is -2.25. The quantitative estimate of drug-likeness (QED) is 0.854. The highest BCUT2D eigenvalue weighted by molar-refractivity contribution is 9.10. The Balaban J connectivity index is 2.81. The van der Waals surface area contributed by atoms with E-state index in [9.17, 15) is 13.2 Å². The molecule has 0 saturated carbocycles. The zero-order valence-electron chi connectivity index (χ0n) is 8.68. The maximum Gasteiger partial charge on any atom is 0.287 e. The van der Waals surface area contributed by atoms with Crippen molar-refractivity contribution in [3.8, 4) is 0 Å². The molecular weight excluding hydrogens is 294 g/mol. The van der Waals surface area contributed by atoms with Gasteiger partial charge in [0, 0.05) is 10.0 Å². The molecule has 0 fully saturated rings. The molecule has 0 heterocycles. The summed E-state index contributed by atoms with van der Waals surface area (Å²) < 4.78 is 26.5. The first-order chi connectivity index (χ1) is 7.44. The van der Waals surface area contributed by atoms with Gasteiger partial charge in [-0.3, -0.25) is 4.79 Å². The van der Waals surface area contributed by atoms with E-state index in [-0.39, 0.29) is 11.3 Å². The van der Waals surface area contributed by atoms with Crippen LogP contribution in [-0.2, 0) is 10.0 Å². The summed E-state index contributed by atoms with van der Waals surface area (Å²) in [5, 5.41) is 0. The summed E-state index contributed by atoms with van der Waals surface area (Å²) in [7, 11) is -3.63. The second-order valence-corrected chi connectivity index (χ2v) is 5.86. The van der Waals surface area contributed by atoms with Crippen molar-refractivity contribution in [1.29, 1.82) is 0 Å². The zero-order chi connectivity index (χ0) is 12.2. The van der Waals surface area contributed by atoms with Gasteiger partial charge in [0.1, 0.15) is 0 Å². The smallest absolute Gasteiger partial charge is 0.266 e. The highest BCUT2D eigenvalue weighted by Gasteiger charge is 2.17. The normalized spacial score (nSPS) is 11.1. The van der Waals surface area contributed by atoms with Gasteiger partial charge in [-0.2, -0.15) is 0 Å². The maximum absolute atomic E-state index is 11.5. The summed E-state index contributed by atoms with van der Waals surface area (Å²) in [6.07, 6.45) is 0.442. The van der Waals surface area contributed by atoms with Crippen LogP contribution in [0, 0.1) is 0 Å². The molecule has 0 aliphatic rings. The number of carbonyl (C=O) groups excluding carboxylic acids is 1. The molecule has 0 spiro atoms. The minimum Gasteiger partial charge on any atom is -0.266 e. The molecule has 1 aromatic carbocycles. The molecule has 0 unspecified atom stereocenters. The molecule has 16 heavy (non-hydrogen) atoms. The number of rotatable bonds is 4. The van der Waals surface area contributed by atoms with E-state index in [0.717, 1.165) is 0 Å². The Morgan fingerprint density at radius 3 is 2.69 bits per heavy atom. The number of amides is 1. The van der Waals surface area contributed by atoms with Crippen molar-refractivity contribution in [2.24, 2.45) is 0 Å². The number of hydrogen-bond acceptors (Lipinski definition) is 3. The van der Waals surface area contributed by atoms with Gasteiger partial charge >= 0.3 is 0 Å². The van der Waals surface area contributed by atoms with Crippen LogP contribution >= 0.6 is 15.9 Å². The van der Waals surface area contributed by atoms with Crippen LogP contribution in [-0.4, -0.2) is 20.1 Å². The standard InChI is InChI=1S/C10H11BrNO3S/c1-2-6-16(14,15)12-10(13)8-4-3-5-9(11)7-8/h3-5,7H,2,6H2,1H3. The second-order valence-electron chi connectivity index (χ2n) is 3.19. The minimum atomic E-state index is -3.63. The lowest BCUT2D eigenvalue weighted by molar-refractivity contribution is 0.0978. The molecule has 0 bridgehead atoms. The van der Waals surface area contributed by atoms with Crippen molar-refractivity contribution >= 4 is 31.9 Å². The van der Waals surface area contributed by atoms with E-state index < -0.39 is 15.9 Å². The first-order valence-corrected chi connectivity index (χ1v) is 7.10. The fraction of sp³-hybridized carbons (Fsp3) is 0.300. The van der Waals surface area contributed by atoms with Gasteiger partial charge in [0.05, 0.1) is 5.75 Å². The number of halogens is 1. The predicted octanol–water partition coefficient (Wildman–Crippen LogP) is 1.93. The third-order valence-electron chi connectivity index (χ3n) is 1.76. The van der Waals surface area contributed by atoms with Crippen LogP contribution in [0.2, 0.25) is 0 Å². The Labute approximate surface area is 103 Å². The largest absolute Gasteiger partial charge is 0.287 e. The SMILES string of the molecule is CCCS(=O)(=O)[N]C(=O)c1cccc(Br)c1. The van der Waals surface area contributed by atoms with Crippen LogP contribution in [0.3, 0.4) is 0 Å². The molecular formula is C10H11BrNO3S. The van der Waals surface area contributed by atoms with E-state index in [1.165, 1.54) is 12.1 Å². The van der Waals surface area contributed by atoms with Gasteiger partial charge in [0.2, 0.25) is 0 Å². The third-order valence-corrected chi connectivity index (χ3v) is 3.62. The highest BCUT2D eigenvalue weighted by atomic mass is 79.9. The second kappa shape index (κ2) is 5.45. The molecule has 0 saturated heterocycles. The number of benzene rings is 1. The average Bonchev–Trinajstić information content (AvgIpc) is 2.16. The molecule has 1 amide bonds. The monoisotopic (exact) mass is 304 g/mol. The molecule has 1 aromatic rings. The lowest BCUT2D eigenvalue weighted by atomic mass is 10.2. The molecule has 1 radical (unpaired) electrons. The predicted molar refractivity (Wildman–Crippen MR) is 64.7 cm³/mol. The van der Waals surface area contributed by atoms with Crippen molar-refractivity contribution in [1.82, 2.24) is 4.72 Å². The summed E-state index contributed by atoms with van der Waals surface area (Å²) in [5.74, 6) is -0.832. The Hall–Kier alpha value is -0.880. The molecule has 0 aliphatic heterocycles. The van der Waals surface area contributed by atoms with Gasteiger partial charge < -0.3 is 0 Å². The van der Waals surface area contributed by atoms with E-state index in [4.69, 9.17) is 0 Å². The Morgan fingerprint density at radius 2 is 2.12 bits per heavy atom. The van der Waals surface area contributed by atoms with Crippen molar-refractivity contribution in [3.05, 3.63) is 34.3 Å². The van der Waals surface area contributed by atoms with Crippen LogP contribution in [0.25, 0.3) is 0 Å². The fourth-order valence-electron chi connectivity index (χ4n) is 1.10. The van der Waals surface area contributed by atoms with E-state index in [1.54, 1.807) is 19.1 Å². The number of carbonyl (C=O) groups is 1. The number of nitrogens with zero attached hydrogens (tertiary/aromatic N) is 1. The molecule has 1 rings (SSSR count). The van der Waals surface area contributed by atoms with Gasteiger partial charge in [0.25, 0.3) is 15.9 Å². The van der Waals surface area contributed by atoms with E-state index in [1.807, 2.05) is 0 Å². The Kier molecular flexibility index (Phi) is 4.49. The van der Waals surface area contributed by atoms with E-state index in [2.05, 4.69) is 20.7 Å². The summed E-state index contributed by atoms with van der Waals surface area (Å²) >= 11 is 3.20. The third kappa shape index (κ3) is 3.94. The van der Waals surface area contributed by atoms with Crippen molar-refractivity contribution in [2.45, 2.75) is 13.3 Å². The summed E-state index contributed by atoms with van der Waals surface area (Å²) in [5.41, 5.74) is 0.258. The van der Waals surface area contributed by atoms with Crippen LogP contribution in [0.5, 0.6) is 0 Å². The van der Waals surface area contributed by atoms with Gasteiger partial charge in [0.15, 0.2) is 0 Å². The first kappa shape index (κ1) is 13.2. The van der Waals surface area contributed by atoms with Gasteiger partial charge in [-0.1, -0.05) is 28.9 Å². The Bertz CT molecular complexity index is 485. The zero-order valence-corrected chi connectivity index (χ0v) is 11.1. The first-order valence-electron chi connectivity index (χ1n) is 4.70. The maximum atomic E-state index is 11.5. The molecule has 0 aliphatic carbocycles. The van der Waals surface area contributed by atoms with E-state index >= 15 is 0 Å². The highest BCUT2D eigenvalue weighted by Crippen LogP contribution is 2.12. The molecule has 0 atom stereocenters.